The first-order valence-electron chi connectivity index (χ1n) is 9.36. The fourth-order valence-corrected chi connectivity index (χ4v) is 3.93. The topological polar surface area (TPSA) is 70.8 Å². The van der Waals surface area contributed by atoms with Crippen LogP contribution in [0, 0.1) is 10.1 Å². The van der Waals surface area contributed by atoms with Crippen molar-refractivity contribution < 1.29 is 4.92 Å². The molecule has 0 fully saturated rings. The van der Waals surface area contributed by atoms with Crippen LogP contribution in [0.1, 0.15) is 45.7 Å². The molecule has 1 heterocycles. The van der Waals surface area contributed by atoms with Crippen LogP contribution < -0.4 is 10.3 Å². The number of hydrazone groups is 1. The molecule has 0 saturated heterocycles. The number of hydrogen-bond acceptors (Lipinski definition) is 5. The molecule has 3 rings (SSSR count). The molecule has 146 valence electrons. The first kappa shape index (κ1) is 19.6. The molecule has 0 saturated carbocycles. The van der Waals surface area contributed by atoms with Crippen LogP contribution in [0.5, 0.6) is 0 Å². The molecule has 0 bridgehead atoms. The van der Waals surface area contributed by atoms with Gasteiger partial charge in [0.2, 0.25) is 0 Å². The quantitative estimate of drug-likeness (QED) is 0.426. The monoisotopic (exact) mass is 378 g/mol. The van der Waals surface area contributed by atoms with Gasteiger partial charge in [0.1, 0.15) is 0 Å². The van der Waals surface area contributed by atoms with E-state index in [1.54, 1.807) is 18.3 Å². The van der Waals surface area contributed by atoms with E-state index in [4.69, 9.17) is 0 Å². The van der Waals surface area contributed by atoms with Gasteiger partial charge in [0.25, 0.3) is 5.69 Å². The summed E-state index contributed by atoms with van der Waals surface area (Å²) in [5, 5.41) is 15.0. The molecular formula is C22H26N4O2. The lowest BCUT2D eigenvalue weighted by atomic mass is 9.87. The standard InChI is InChI=1S/C22H26N4O2/c1-15(2)25-21-11-6-17(12-20(21)16(3)13-22(25,4)5)14-23-24-18-7-9-19(10-8-18)26(27)28/h6-15,24H,1-5H3/b23-14+. The Morgan fingerprint density at radius 1 is 1.18 bits per heavy atom. The summed E-state index contributed by atoms with van der Waals surface area (Å²) in [6.07, 6.45) is 4.07. The number of nitrogens with one attached hydrogen (secondary N) is 1. The molecule has 6 nitrogen and oxygen atoms in total. The molecule has 1 N–H and O–H groups in total. The molecule has 1 aliphatic rings. The second-order valence-electron chi connectivity index (χ2n) is 7.90. The highest BCUT2D eigenvalue weighted by atomic mass is 16.6. The van der Waals surface area contributed by atoms with Gasteiger partial charge in [-0.25, -0.2) is 0 Å². The minimum Gasteiger partial charge on any atom is -0.360 e. The van der Waals surface area contributed by atoms with E-state index in [1.807, 2.05) is 0 Å². The van der Waals surface area contributed by atoms with E-state index in [1.165, 1.54) is 29.0 Å². The molecular weight excluding hydrogens is 352 g/mol. The lowest BCUT2D eigenvalue weighted by molar-refractivity contribution is -0.384. The Kier molecular flexibility index (Phi) is 5.23. The summed E-state index contributed by atoms with van der Waals surface area (Å²) in [6, 6.07) is 12.9. The van der Waals surface area contributed by atoms with Crippen molar-refractivity contribution in [2.24, 2.45) is 5.10 Å². The zero-order chi connectivity index (χ0) is 20.5. The van der Waals surface area contributed by atoms with Gasteiger partial charge in [-0.2, -0.15) is 5.10 Å². The SMILES string of the molecule is CC1=CC(C)(C)N(C(C)C)c2ccc(/C=N/Nc3ccc([N+](=O)[O-])cc3)cc21. The van der Waals surface area contributed by atoms with Crippen molar-refractivity contribution in [3.63, 3.8) is 0 Å². The molecule has 28 heavy (non-hydrogen) atoms. The number of non-ortho nitro benzene ring substituents is 1. The molecule has 0 aliphatic carbocycles. The highest BCUT2D eigenvalue weighted by Gasteiger charge is 2.32. The zero-order valence-electron chi connectivity index (χ0n) is 16.9. The molecule has 0 radical (unpaired) electrons. The number of hydrogen-bond donors (Lipinski definition) is 1. The van der Waals surface area contributed by atoms with Gasteiger partial charge < -0.3 is 4.90 Å². The summed E-state index contributed by atoms with van der Waals surface area (Å²) < 4.78 is 0. The zero-order valence-corrected chi connectivity index (χ0v) is 16.9. The first-order valence-corrected chi connectivity index (χ1v) is 9.36. The van der Waals surface area contributed by atoms with E-state index in [0.717, 1.165) is 5.56 Å². The normalized spacial score (nSPS) is 15.5. The predicted molar refractivity (Wildman–Crippen MR) is 116 cm³/mol. The number of nitrogens with zero attached hydrogens (tertiary/aromatic N) is 3. The fourth-order valence-electron chi connectivity index (χ4n) is 3.93. The maximum atomic E-state index is 10.7. The molecule has 0 unspecified atom stereocenters. The molecule has 0 atom stereocenters. The summed E-state index contributed by atoms with van der Waals surface area (Å²) in [6.45, 7) is 11.0. The third-order valence-electron chi connectivity index (χ3n) is 4.90. The van der Waals surface area contributed by atoms with Crippen LogP contribution in [0.25, 0.3) is 5.57 Å². The van der Waals surface area contributed by atoms with E-state index in [9.17, 15) is 10.1 Å². The van der Waals surface area contributed by atoms with Gasteiger partial charge in [0, 0.05) is 29.4 Å². The summed E-state index contributed by atoms with van der Waals surface area (Å²) in [5.74, 6) is 0. The largest absolute Gasteiger partial charge is 0.360 e. The summed E-state index contributed by atoms with van der Waals surface area (Å²) in [7, 11) is 0. The summed E-state index contributed by atoms with van der Waals surface area (Å²) in [5.41, 5.74) is 8.34. The minimum absolute atomic E-state index is 0.0294. The molecule has 1 aliphatic heterocycles. The van der Waals surface area contributed by atoms with Gasteiger partial charge in [0.05, 0.1) is 22.4 Å². The van der Waals surface area contributed by atoms with Crippen molar-refractivity contribution >= 4 is 28.8 Å². The lowest BCUT2D eigenvalue weighted by Crippen LogP contribution is -2.49. The number of anilines is 2. The number of allylic oxidation sites excluding steroid dienone is 1. The van der Waals surface area contributed by atoms with Crippen LogP contribution in [-0.2, 0) is 0 Å². The Morgan fingerprint density at radius 3 is 2.46 bits per heavy atom. The third kappa shape index (κ3) is 3.91. The molecule has 2 aromatic carbocycles. The van der Waals surface area contributed by atoms with Gasteiger partial charge >= 0.3 is 0 Å². The van der Waals surface area contributed by atoms with Crippen molar-refractivity contribution in [1.29, 1.82) is 0 Å². The van der Waals surface area contributed by atoms with Crippen molar-refractivity contribution in [3.8, 4) is 0 Å². The maximum absolute atomic E-state index is 10.7. The van der Waals surface area contributed by atoms with Crippen molar-refractivity contribution in [2.45, 2.75) is 46.2 Å². The fraction of sp³-hybridized carbons (Fsp3) is 0.318. The number of fused-ring (bicyclic) bond motifs is 1. The second-order valence-corrected chi connectivity index (χ2v) is 7.90. The molecule has 0 amide bonds. The number of rotatable bonds is 5. The van der Waals surface area contributed by atoms with E-state index in [0.29, 0.717) is 11.7 Å². The van der Waals surface area contributed by atoms with E-state index in [2.05, 4.69) is 74.3 Å². The smallest absolute Gasteiger partial charge is 0.269 e. The van der Waals surface area contributed by atoms with Crippen LogP contribution in [-0.4, -0.2) is 22.7 Å². The Morgan fingerprint density at radius 2 is 1.86 bits per heavy atom. The highest BCUT2D eigenvalue weighted by Crippen LogP contribution is 2.40. The van der Waals surface area contributed by atoms with Crippen molar-refractivity contribution in [2.75, 3.05) is 10.3 Å². The third-order valence-corrected chi connectivity index (χ3v) is 4.90. The van der Waals surface area contributed by atoms with Crippen LogP contribution in [0.2, 0.25) is 0 Å². The Labute approximate surface area is 165 Å². The number of benzene rings is 2. The average Bonchev–Trinajstić information content (AvgIpc) is 2.61. The van der Waals surface area contributed by atoms with Crippen molar-refractivity contribution in [3.05, 3.63) is 69.8 Å². The Balaban J connectivity index is 1.81. The highest BCUT2D eigenvalue weighted by molar-refractivity contribution is 5.88. The number of nitro benzene ring substituents is 1. The van der Waals surface area contributed by atoms with Crippen molar-refractivity contribution in [1.82, 2.24) is 0 Å². The van der Waals surface area contributed by atoms with Gasteiger partial charge in [-0.3, -0.25) is 15.5 Å². The Hall–Kier alpha value is -3.15. The minimum atomic E-state index is -0.419. The van der Waals surface area contributed by atoms with E-state index in [-0.39, 0.29) is 11.2 Å². The van der Waals surface area contributed by atoms with Crippen LogP contribution in [0.3, 0.4) is 0 Å². The molecule has 0 spiro atoms. The number of nitro groups is 1. The van der Waals surface area contributed by atoms with E-state index < -0.39 is 4.92 Å². The maximum Gasteiger partial charge on any atom is 0.269 e. The van der Waals surface area contributed by atoms with Gasteiger partial charge in [-0.1, -0.05) is 12.1 Å². The molecule has 2 aromatic rings. The van der Waals surface area contributed by atoms with Gasteiger partial charge in [-0.05, 0) is 70.0 Å². The van der Waals surface area contributed by atoms with Crippen LogP contribution in [0.15, 0.2) is 53.6 Å². The lowest BCUT2D eigenvalue weighted by Gasteiger charge is -2.46. The summed E-state index contributed by atoms with van der Waals surface area (Å²) in [4.78, 5) is 12.7. The summed E-state index contributed by atoms with van der Waals surface area (Å²) >= 11 is 0. The average molecular weight is 378 g/mol. The Bertz CT molecular complexity index is 944. The van der Waals surface area contributed by atoms with Crippen LogP contribution in [0.4, 0.5) is 17.1 Å². The molecule has 6 heteroatoms. The van der Waals surface area contributed by atoms with Gasteiger partial charge in [-0.15, -0.1) is 0 Å². The first-order chi connectivity index (χ1) is 13.2. The van der Waals surface area contributed by atoms with Crippen LogP contribution >= 0.6 is 0 Å². The second kappa shape index (κ2) is 7.46. The predicted octanol–water partition coefficient (Wildman–Crippen LogP) is 5.45. The van der Waals surface area contributed by atoms with E-state index >= 15 is 0 Å². The van der Waals surface area contributed by atoms with Gasteiger partial charge in [0.15, 0.2) is 0 Å². The molecule has 0 aromatic heterocycles.